The van der Waals surface area contributed by atoms with Crippen LogP contribution in [0.25, 0.3) is 0 Å². The molecule has 0 radical (unpaired) electrons. The molecule has 2 aromatic rings. The Morgan fingerprint density at radius 3 is 2.81 bits per heavy atom. The molecule has 0 bridgehead atoms. The molecule has 27 heavy (non-hydrogen) atoms. The summed E-state index contributed by atoms with van der Waals surface area (Å²) in [5.74, 6) is 1.14. The zero-order valence-electron chi connectivity index (χ0n) is 16.3. The van der Waals surface area contributed by atoms with Crippen LogP contribution in [0.3, 0.4) is 0 Å². The van der Waals surface area contributed by atoms with Crippen LogP contribution >= 0.6 is 11.3 Å². The Labute approximate surface area is 164 Å². The number of carbonyl (C=O) groups is 1. The molecule has 0 aromatic carbocycles. The quantitative estimate of drug-likeness (QED) is 0.761. The van der Waals surface area contributed by atoms with E-state index in [1.54, 1.807) is 18.3 Å². The van der Waals surface area contributed by atoms with E-state index < -0.39 is 0 Å². The Morgan fingerprint density at radius 2 is 2.19 bits per heavy atom. The second kappa shape index (κ2) is 7.31. The summed E-state index contributed by atoms with van der Waals surface area (Å²) < 4.78 is 1.91. The largest absolute Gasteiger partial charge is 0.335 e. The van der Waals surface area contributed by atoms with Gasteiger partial charge in [-0.3, -0.25) is 9.69 Å². The molecule has 4 rings (SSSR count). The minimum atomic E-state index is 0.196. The van der Waals surface area contributed by atoms with Crippen LogP contribution in [0.2, 0.25) is 0 Å². The van der Waals surface area contributed by atoms with Gasteiger partial charge >= 0.3 is 0 Å². The van der Waals surface area contributed by atoms with Gasteiger partial charge in [0.1, 0.15) is 0 Å². The summed E-state index contributed by atoms with van der Waals surface area (Å²) in [5.41, 5.74) is 1.57. The van der Waals surface area contributed by atoms with Crippen molar-refractivity contribution in [3.63, 3.8) is 0 Å². The fourth-order valence-corrected chi connectivity index (χ4v) is 5.06. The number of thiophene rings is 1. The fourth-order valence-electron chi connectivity index (χ4n) is 4.40. The minimum absolute atomic E-state index is 0.196. The lowest BCUT2D eigenvalue weighted by atomic mass is 9.92. The maximum atomic E-state index is 12.2. The zero-order valence-corrected chi connectivity index (χ0v) is 17.2. The summed E-state index contributed by atoms with van der Waals surface area (Å²) in [4.78, 5) is 16.8. The second-order valence-electron chi connectivity index (χ2n) is 8.27. The number of rotatable bonds is 6. The van der Waals surface area contributed by atoms with Gasteiger partial charge < -0.3 is 4.90 Å². The third-order valence-electron chi connectivity index (χ3n) is 6.13. The highest BCUT2D eigenvalue weighted by molar-refractivity contribution is 7.07. The lowest BCUT2D eigenvalue weighted by Gasteiger charge is -2.34. The van der Waals surface area contributed by atoms with Crippen LogP contribution in [0.1, 0.15) is 57.5 Å². The molecule has 1 atom stereocenters. The zero-order chi connectivity index (χ0) is 19.0. The van der Waals surface area contributed by atoms with Crippen molar-refractivity contribution >= 4 is 17.2 Å². The van der Waals surface area contributed by atoms with E-state index in [1.165, 1.54) is 5.56 Å². The molecule has 1 saturated carbocycles. The summed E-state index contributed by atoms with van der Waals surface area (Å²) >= 11 is 1.69. The smallest absolute Gasteiger partial charge is 0.220 e. The molecule has 8 heteroatoms. The Morgan fingerprint density at radius 1 is 1.41 bits per heavy atom. The summed E-state index contributed by atoms with van der Waals surface area (Å²) in [7, 11) is 0. The average Bonchev–Trinajstić information content (AvgIpc) is 3.02. The van der Waals surface area contributed by atoms with E-state index in [4.69, 9.17) is 0 Å². The first-order valence-electron chi connectivity index (χ1n) is 9.76. The Bertz CT molecular complexity index is 778. The SMILES string of the molecule is CC(=O)N(Cc1ccsc1)[C@@H]1CC12CCN(Cc1nnnn1C(C)C)CC2. The number of likely N-dealkylation sites (tertiary alicyclic amines) is 1. The molecular formula is C19H28N6OS. The molecular weight excluding hydrogens is 360 g/mol. The van der Waals surface area contributed by atoms with E-state index in [2.05, 4.69) is 56.0 Å². The first-order valence-corrected chi connectivity index (χ1v) is 10.7. The van der Waals surface area contributed by atoms with Crippen LogP contribution in [0.15, 0.2) is 16.8 Å². The van der Waals surface area contributed by atoms with Gasteiger partial charge in [0.15, 0.2) is 5.82 Å². The van der Waals surface area contributed by atoms with Crippen LogP contribution in [0, 0.1) is 5.41 Å². The van der Waals surface area contributed by atoms with Crippen molar-refractivity contribution in [2.75, 3.05) is 13.1 Å². The summed E-state index contributed by atoms with van der Waals surface area (Å²) in [5, 5.41) is 16.4. The first kappa shape index (κ1) is 18.6. The van der Waals surface area contributed by atoms with Gasteiger partial charge in [-0.15, -0.1) is 5.10 Å². The van der Waals surface area contributed by atoms with Crippen LogP contribution in [0.5, 0.6) is 0 Å². The van der Waals surface area contributed by atoms with Crippen LogP contribution in [0.4, 0.5) is 0 Å². The van der Waals surface area contributed by atoms with E-state index in [-0.39, 0.29) is 11.9 Å². The highest BCUT2D eigenvalue weighted by atomic mass is 32.1. The van der Waals surface area contributed by atoms with Gasteiger partial charge in [0.2, 0.25) is 5.91 Å². The molecule has 1 saturated heterocycles. The summed E-state index contributed by atoms with van der Waals surface area (Å²) in [6.45, 7) is 9.55. The van der Waals surface area contributed by atoms with Crippen molar-refractivity contribution in [3.8, 4) is 0 Å². The Kier molecular flexibility index (Phi) is 5.03. The molecule has 7 nitrogen and oxygen atoms in total. The van der Waals surface area contributed by atoms with Gasteiger partial charge in [0.25, 0.3) is 0 Å². The number of hydrogen-bond donors (Lipinski definition) is 0. The topological polar surface area (TPSA) is 67.2 Å². The molecule has 1 aliphatic heterocycles. The van der Waals surface area contributed by atoms with Crippen molar-refractivity contribution in [1.29, 1.82) is 0 Å². The molecule has 2 fully saturated rings. The van der Waals surface area contributed by atoms with E-state index in [9.17, 15) is 4.79 Å². The molecule has 0 N–H and O–H groups in total. The van der Waals surface area contributed by atoms with Gasteiger partial charge in [-0.1, -0.05) is 0 Å². The number of piperidine rings is 1. The summed E-state index contributed by atoms with van der Waals surface area (Å²) in [6.07, 6.45) is 3.44. The van der Waals surface area contributed by atoms with Crippen LogP contribution in [-0.2, 0) is 17.9 Å². The van der Waals surface area contributed by atoms with Gasteiger partial charge in [-0.25, -0.2) is 4.68 Å². The molecule has 1 amide bonds. The third-order valence-corrected chi connectivity index (χ3v) is 6.86. The van der Waals surface area contributed by atoms with Crippen LogP contribution < -0.4 is 0 Å². The monoisotopic (exact) mass is 388 g/mol. The normalized spacial score (nSPS) is 21.7. The second-order valence-corrected chi connectivity index (χ2v) is 9.05. The van der Waals surface area contributed by atoms with Crippen molar-refractivity contribution < 1.29 is 4.79 Å². The standard InChI is InChI=1S/C19H28N6OS/c1-14(2)25-18(20-21-22-25)12-23-7-5-19(6-8-23)10-17(19)24(15(3)26)11-16-4-9-27-13-16/h4,9,13-14,17H,5-8,10-12H2,1-3H3/t17-/m1/s1. The van der Waals surface area contributed by atoms with Gasteiger partial charge in [-0.05, 0) is 84.4 Å². The first-order chi connectivity index (χ1) is 13.0. The summed E-state index contributed by atoms with van der Waals surface area (Å²) in [6, 6.07) is 2.80. The number of amides is 1. The molecule has 2 aromatic heterocycles. The molecule has 1 aliphatic carbocycles. The molecule has 3 heterocycles. The average molecular weight is 389 g/mol. The highest BCUT2D eigenvalue weighted by Crippen LogP contribution is 2.57. The van der Waals surface area contributed by atoms with E-state index in [1.807, 2.05) is 4.68 Å². The van der Waals surface area contributed by atoms with E-state index in [0.717, 1.165) is 51.3 Å². The Hall–Kier alpha value is -1.80. The molecule has 146 valence electrons. The predicted molar refractivity (Wildman–Crippen MR) is 104 cm³/mol. The van der Waals surface area contributed by atoms with Crippen molar-refractivity contribution in [1.82, 2.24) is 30.0 Å². The number of tetrazole rings is 1. The number of nitrogens with zero attached hydrogens (tertiary/aromatic N) is 6. The lowest BCUT2D eigenvalue weighted by molar-refractivity contribution is -0.130. The maximum Gasteiger partial charge on any atom is 0.220 e. The lowest BCUT2D eigenvalue weighted by Crippen LogP contribution is -2.40. The molecule has 0 unspecified atom stereocenters. The fraction of sp³-hybridized carbons (Fsp3) is 0.684. The van der Waals surface area contributed by atoms with E-state index in [0.29, 0.717) is 11.5 Å². The third kappa shape index (κ3) is 3.78. The minimum Gasteiger partial charge on any atom is -0.335 e. The van der Waals surface area contributed by atoms with E-state index >= 15 is 0 Å². The molecule has 2 aliphatic rings. The highest BCUT2D eigenvalue weighted by Gasteiger charge is 2.58. The van der Waals surface area contributed by atoms with Gasteiger partial charge in [-0.2, -0.15) is 11.3 Å². The number of aromatic nitrogens is 4. The number of carbonyl (C=O) groups excluding carboxylic acids is 1. The molecule has 1 spiro atoms. The Balaban J connectivity index is 1.35. The number of hydrogen-bond acceptors (Lipinski definition) is 6. The van der Waals surface area contributed by atoms with Gasteiger partial charge in [0, 0.05) is 19.5 Å². The van der Waals surface area contributed by atoms with Crippen molar-refractivity contribution in [2.24, 2.45) is 5.41 Å². The van der Waals surface area contributed by atoms with Crippen molar-refractivity contribution in [3.05, 3.63) is 28.2 Å². The van der Waals surface area contributed by atoms with Crippen molar-refractivity contribution in [2.45, 2.75) is 65.2 Å². The van der Waals surface area contributed by atoms with Crippen LogP contribution in [-0.4, -0.2) is 55.0 Å². The predicted octanol–water partition coefficient (Wildman–Crippen LogP) is 2.72. The maximum absolute atomic E-state index is 12.2. The van der Waals surface area contributed by atoms with Gasteiger partial charge in [0.05, 0.1) is 12.6 Å².